The van der Waals surface area contributed by atoms with Crippen LogP contribution in [0.1, 0.15) is 50.1 Å². The second-order valence-corrected chi connectivity index (χ2v) is 8.75. The summed E-state index contributed by atoms with van der Waals surface area (Å²) in [6, 6.07) is 16.8. The van der Waals surface area contributed by atoms with Crippen LogP contribution in [-0.2, 0) is 12.8 Å². The fraction of sp³-hybridized carbons (Fsp3) is 0.250. The molecular formula is C24H24N2O2S. The van der Waals surface area contributed by atoms with E-state index in [9.17, 15) is 9.59 Å². The average Bonchev–Trinajstić information content (AvgIpc) is 3.07. The normalized spacial score (nSPS) is 15.4. The molecule has 0 unspecified atom stereocenters. The molecule has 1 heterocycles. The molecule has 5 heteroatoms. The lowest BCUT2D eigenvalue weighted by molar-refractivity contribution is 0.102. The number of anilines is 2. The van der Waals surface area contributed by atoms with E-state index in [-0.39, 0.29) is 11.8 Å². The summed E-state index contributed by atoms with van der Waals surface area (Å²) in [4.78, 5) is 27.2. The van der Waals surface area contributed by atoms with Gasteiger partial charge in [0.15, 0.2) is 0 Å². The van der Waals surface area contributed by atoms with E-state index in [1.165, 1.54) is 16.2 Å². The Morgan fingerprint density at radius 3 is 2.45 bits per heavy atom. The highest BCUT2D eigenvalue weighted by atomic mass is 32.1. The summed E-state index contributed by atoms with van der Waals surface area (Å²) in [5.74, 6) is 0.239. The molecule has 2 amide bonds. The Morgan fingerprint density at radius 1 is 0.966 bits per heavy atom. The van der Waals surface area contributed by atoms with Gasteiger partial charge in [0.05, 0.1) is 5.56 Å². The minimum atomic E-state index is -0.192. The predicted molar refractivity (Wildman–Crippen MR) is 119 cm³/mol. The Balaban J connectivity index is 1.68. The summed E-state index contributed by atoms with van der Waals surface area (Å²) in [7, 11) is 0. The van der Waals surface area contributed by atoms with E-state index >= 15 is 0 Å². The third-order valence-corrected chi connectivity index (χ3v) is 6.56. The molecule has 0 fully saturated rings. The Labute approximate surface area is 175 Å². The number of carbonyl (C=O) groups excluding carboxylic acids is 2. The molecule has 0 saturated heterocycles. The molecule has 4 nitrogen and oxygen atoms in total. The van der Waals surface area contributed by atoms with Crippen molar-refractivity contribution in [3.05, 3.63) is 81.7 Å². The van der Waals surface area contributed by atoms with Crippen molar-refractivity contribution in [1.82, 2.24) is 0 Å². The zero-order chi connectivity index (χ0) is 20.4. The summed E-state index contributed by atoms with van der Waals surface area (Å²) >= 11 is 1.54. The third-order valence-electron chi connectivity index (χ3n) is 5.40. The van der Waals surface area contributed by atoms with Crippen LogP contribution in [0, 0.1) is 12.8 Å². The summed E-state index contributed by atoms with van der Waals surface area (Å²) < 4.78 is 0. The van der Waals surface area contributed by atoms with Crippen molar-refractivity contribution in [2.75, 3.05) is 10.6 Å². The zero-order valence-electron chi connectivity index (χ0n) is 16.6. The number of carbonyl (C=O) groups is 2. The largest absolute Gasteiger partial charge is 0.322 e. The minimum absolute atomic E-state index is 0.158. The van der Waals surface area contributed by atoms with Gasteiger partial charge in [-0.25, -0.2) is 0 Å². The lowest BCUT2D eigenvalue weighted by Gasteiger charge is -2.19. The standard InChI is InChI=1S/C24H24N2O2S/c1-15-12-13-18-20(14-15)29-24(26-22(27)17-9-4-3-5-10-17)21(18)23(28)25-19-11-7-6-8-16(19)2/h3-11,15H,12-14H2,1-2H3,(H,25,28)(H,26,27)/t15-/m1/s1. The number of aryl methyl sites for hydroxylation is 1. The molecule has 0 radical (unpaired) electrons. The van der Waals surface area contributed by atoms with Crippen LogP contribution in [-0.4, -0.2) is 11.8 Å². The van der Waals surface area contributed by atoms with Crippen molar-refractivity contribution in [3.8, 4) is 0 Å². The molecule has 1 aliphatic carbocycles. The van der Waals surface area contributed by atoms with Gasteiger partial charge < -0.3 is 10.6 Å². The Morgan fingerprint density at radius 2 is 1.69 bits per heavy atom. The van der Waals surface area contributed by atoms with Gasteiger partial charge in [0.2, 0.25) is 0 Å². The number of benzene rings is 2. The summed E-state index contributed by atoms with van der Waals surface area (Å²) in [5.41, 5.74) is 4.08. The SMILES string of the molecule is Cc1ccccc1NC(=O)c1c(NC(=O)c2ccccc2)sc2c1CC[C@@H](C)C2. The van der Waals surface area contributed by atoms with Crippen molar-refractivity contribution < 1.29 is 9.59 Å². The first-order valence-electron chi connectivity index (χ1n) is 9.91. The number of hydrogen-bond acceptors (Lipinski definition) is 3. The van der Waals surface area contributed by atoms with Gasteiger partial charge in [-0.15, -0.1) is 11.3 Å². The molecule has 0 spiro atoms. The fourth-order valence-corrected chi connectivity index (χ4v) is 5.15. The molecule has 2 N–H and O–H groups in total. The highest BCUT2D eigenvalue weighted by Crippen LogP contribution is 2.40. The van der Waals surface area contributed by atoms with Crippen molar-refractivity contribution in [2.24, 2.45) is 5.92 Å². The maximum atomic E-state index is 13.3. The van der Waals surface area contributed by atoms with Crippen LogP contribution in [0.4, 0.5) is 10.7 Å². The van der Waals surface area contributed by atoms with Crippen molar-refractivity contribution in [3.63, 3.8) is 0 Å². The first-order chi connectivity index (χ1) is 14.0. The first-order valence-corrected chi connectivity index (χ1v) is 10.7. The van der Waals surface area contributed by atoms with E-state index in [2.05, 4.69) is 17.6 Å². The number of amides is 2. The predicted octanol–water partition coefficient (Wildman–Crippen LogP) is 5.69. The van der Waals surface area contributed by atoms with Crippen LogP contribution in [0.25, 0.3) is 0 Å². The third kappa shape index (κ3) is 4.10. The van der Waals surface area contributed by atoms with Crippen LogP contribution in [0.3, 0.4) is 0 Å². The molecule has 0 saturated carbocycles. The molecule has 4 rings (SSSR count). The van der Waals surface area contributed by atoms with Gasteiger partial charge in [0.25, 0.3) is 11.8 Å². The van der Waals surface area contributed by atoms with E-state index < -0.39 is 0 Å². The second-order valence-electron chi connectivity index (χ2n) is 7.65. The molecule has 1 aromatic heterocycles. The number of hydrogen-bond donors (Lipinski definition) is 2. The van der Waals surface area contributed by atoms with E-state index in [1.54, 1.807) is 12.1 Å². The molecule has 0 aliphatic heterocycles. The monoisotopic (exact) mass is 404 g/mol. The molecule has 1 atom stereocenters. The highest BCUT2D eigenvalue weighted by molar-refractivity contribution is 7.17. The Hall–Kier alpha value is -2.92. The van der Waals surface area contributed by atoms with Gasteiger partial charge in [0, 0.05) is 16.1 Å². The van der Waals surface area contributed by atoms with Gasteiger partial charge >= 0.3 is 0 Å². The minimum Gasteiger partial charge on any atom is -0.322 e. The molecule has 2 aromatic carbocycles. The van der Waals surface area contributed by atoms with Crippen molar-refractivity contribution in [2.45, 2.75) is 33.1 Å². The Kier molecular flexibility index (Phi) is 5.49. The molecule has 148 valence electrons. The maximum absolute atomic E-state index is 13.3. The smallest absolute Gasteiger partial charge is 0.258 e. The summed E-state index contributed by atoms with van der Waals surface area (Å²) in [6.07, 6.45) is 2.87. The van der Waals surface area contributed by atoms with Gasteiger partial charge in [0.1, 0.15) is 5.00 Å². The van der Waals surface area contributed by atoms with Crippen molar-refractivity contribution in [1.29, 1.82) is 0 Å². The summed E-state index contributed by atoms with van der Waals surface area (Å²) in [6.45, 7) is 4.20. The van der Waals surface area contributed by atoms with E-state index in [0.29, 0.717) is 22.0 Å². The van der Waals surface area contributed by atoms with Gasteiger partial charge in [-0.1, -0.05) is 43.3 Å². The van der Waals surface area contributed by atoms with Gasteiger partial charge in [-0.2, -0.15) is 0 Å². The fourth-order valence-electron chi connectivity index (χ4n) is 3.74. The van der Waals surface area contributed by atoms with Crippen LogP contribution in [0.5, 0.6) is 0 Å². The molecular weight excluding hydrogens is 380 g/mol. The molecule has 29 heavy (non-hydrogen) atoms. The van der Waals surface area contributed by atoms with Crippen LogP contribution in [0.15, 0.2) is 54.6 Å². The Bertz CT molecular complexity index is 1060. The average molecular weight is 405 g/mol. The lowest BCUT2D eigenvalue weighted by atomic mass is 9.88. The summed E-state index contributed by atoms with van der Waals surface area (Å²) in [5, 5.41) is 6.69. The number of fused-ring (bicyclic) bond motifs is 1. The number of thiophene rings is 1. The maximum Gasteiger partial charge on any atom is 0.258 e. The number of nitrogens with one attached hydrogen (secondary N) is 2. The molecule has 3 aromatic rings. The second kappa shape index (κ2) is 8.21. The van der Waals surface area contributed by atoms with Gasteiger partial charge in [-0.3, -0.25) is 9.59 Å². The quantitative estimate of drug-likeness (QED) is 0.587. The zero-order valence-corrected chi connectivity index (χ0v) is 17.4. The van der Waals surface area contributed by atoms with Crippen LogP contribution in [0.2, 0.25) is 0 Å². The topological polar surface area (TPSA) is 58.2 Å². The van der Waals surface area contributed by atoms with Gasteiger partial charge in [-0.05, 0) is 61.4 Å². The van der Waals surface area contributed by atoms with E-state index in [1.807, 2.05) is 49.4 Å². The number of para-hydroxylation sites is 1. The van der Waals surface area contributed by atoms with Crippen LogP contribution < -0.4 is 10.6 Å². The van der Waals surface area contributed by atoms with Crippen LogP contribution >= 0.6 is 11.3 Å². The highest BCUT2D eigenvalue weighted by Gasteiger charge is 2.28. The van der Waals surface area contributed by atoms with Crippen molar-refractivity contribution >= 4 is 33.8 Å². The van der Waals surface area contributed by atoms with E-state index in [0.717, 1.165) is 36.1 Å². The lowest BCUT2D eigenvalue weighted by Crippen LogP contribution is -2.19. The molecule has 1 aliphatic rings. The van der Waals surface area contributed by atoms with E-state index in [4.69, 9.17) is 0 Å². The molecule has 0 bridgehead atoms. The first kappa shape index (κ1) is 19.4. The number of rotatable bonds is 4.